The van der Waals surface area contributed by atoms with Gasteiger partial charge in [-0.05, 0) is 32.0 Å². The SMILES string of the molecule is CCn1nccc1-c1nc([C@@H]2CC(=O)N(c3ccc(C)cc3)C2)no1. The summed E-state index contributed by atoms with van der Waals surface area (Å²) in [5.74, 6) is 1.03. The molecule has 25 heavy (non-hydrogen) atoms. The van der Waals surface area contributed by atoms with E-state index in [9.17, 15) is 4.79 Å². The first-order valence-corrected chi connectivity index (χ1v) is 8.38. The van der Waals surface area contributed by atoms with Crippen molar-refractivity contribution in [1.29, 1.82) is 0 Å². The van der Waals surface area contributed by atoms with Crippen LogP contribution >= 0.6 is 0 Å². The van der Waals surface area contributed by atoms with Gasteiger partial charge in [-0.1, -0.05) is 22.9 Å². The van der Waals surface area contributed by atoms with Gasteiger partial charge in [-0.2, -0.15) is 10.1 Å². The molecule has 0 unspecified atom stereocenters. The molecule has 4 rings (SSSR count). The molecule has 1 atom stereocenters. The molecule has 1 amide bonds. The Labute approximate surface area is 145 Å². The molecule has 0 bridgehead atoms. The van der Waals surface area contributed by atoms with Crippen molar-refractivity contribution in [3.8, 4) is 11.6 Å². The number of hydrogen-bond acceptors (Lipinski definition) is 5. The molecule has 1 aromatic carbocycles. The molecule has 0 radical (unpaired) electrons. The number of anilines is 1. The highest BCUT2D eigenvalue weighted by Crippen LogP contribution is 2.31. The minimum Gasteiger partial charge on any atom is -0.332 e. The molecule has 7 nitrogen and oxygen atoms in total. The van der Waals surface area contributed by atoms with Crippen LogP contribution in [0.5, 0.6) is 0 Å². The quantitative estimate of drug-likeness (QED) is 0.731. The van der Waals surface area contributed by atoms with Crippen LogP contribution < -0.4 is 4.90 Å². The van der Waals surface area contributed by atoms with Gasteiger partial charge in [-0.3, -0.25) is 9.48 Å². The van der Waals surface area contributed by atoms with Crippen LogP contribution in [0.15, 0.2) is 41.1 Å². The average molecular weight is 337 g/mol. The molecule has 7 heteroatoms. The van der Waals surface area contributed by atoms with Crippen LogP contribution in [0.25, 0.3) is 11.6 Å². The molecule has 1 aliphatic heterocycles. The zero-order valence-corrected chi connectivity index (χ0v) is 14.2. The average Bonchev–Trinajstić information content (AvgIpc) is 3.33. The summed E-state index contributed by atoms with van der Waals surface area (Å²) in [6, 6.07) is 9.80. The monoisotopic (exact) mass is 337 g/mol. The number of amides is 1. The highest BCUT2D eigenvalue weighted by molar-refractivity contribution is 5.96. The van der Waals surface area contributed by atoms with Crippen molar-refractivity contribution in [3.63, 3.8) is 0 Å². The van der Waals surface area contributed by atoms with E-state index in [1.54, 1.807) is 15.8 Å². The first-order valence-electron chi connectivity index (χ1n) is 8.38. The van der Waals surface area contributed by atoms with Crippen LogP contribution in [0.3, 0.4) is 0 Å². The fourth-order valence-corrected chi connectivity index (χ4v) is 3.13. The maximum Gasteiger partial charge on any atom is 0.276 e. The van der Waals surface area contributed by atoms with E-state index < -0.39 is 0 Å². The van der Waals surface area contributed by atoms with E-state index in [1.165, 1.54) is 5.56 Å². The van der Waals surface area contributed by atoms with Crippen LogP contribution in [0, 0.1) is 6.92 Å². The summed E-state index contributed by atoms with van der Waals surface area (Å²) in [4.78, 5) is 18.7. The van der Waals surface area contributed by atoms with Gasteiger partial charge in [0.1, 0.15) is 5.69 Å². The lowest BCUT2D eigenvalue weighted by molar-refractivity contribution is -0.117. The number of benzene rings is 1. The van der Waals surface area contributed by atoms with E-state index in [2.05, 4.69) is 15.2 Å². The second-order valence-corrected chi connectivity index (χ2v) is 6.23. The van der Waals surface area contributed by atoms with Crippen LogP contribution in [-0.2, 0) is 11.3 Å². The summed E-state index contributed by atoms with van der Waals surface area (Å²) in [7, 11) is 0. The molecule has 0 spiro atoms. The Hall–Kier alpha value is -2.96. The van der Waals surface area contributed by atoms with E-state index >= 15 is 0 Å². The zero-order chi connectivity index (χ0) is 17.4. The van der Waals surface area contributed by atoms with E-state index in [1.807, 2.05) is 44.2 Å². The molecule has 1 aliphatic rings. The number of aryl methyl sites for hydroxylation is 2. The largest absolute Gasteiger partial charge is 0.332 e. The van der Waals surface area contributed by atoms with Gasteiger partial charge >= 0.3 is 0 Å². The Morgan fingerprint density at radius 2 is 2.04 bits per heavy atom. The number of carbonyl (C=O) groups is 1. The van der Waals surface area contributed by atoms with Crippen molar-refractivity contribution in [2.45, 2.75) is 32.7 Å². The summed E-state index contributed by atoms with van der Waals surface area (Å²) >= 11 is 0. The summed E-state index contributed by atoms with van der Waals surface area (Å²) in [6.07, 6.45) is 2.10. The van der Waals surface area contributed by atoms with Crippen molar-refractivity contribution in [1.82, 2.24) is 19.9 Å². The first kappa shape index (κ1) is 15.6. The number of carbonyl (C=O) groups excluding carboxylic acids is 1. The molecule has 1 fully saturated rings. The van der Waals surface area contributed by atoms with Crippen molar-refractivity contribution in [2.24, 2.45) is 0 Å². The third kappa shape index (κ3) is 2.82. The van der Waals surface area contributed by atoms with Crippen molar-refractivity contribution in [3.05, 3.63) is 47.9 Å². The second kappa shape index (κ2) is 6.16. The molecule has 0 saturated carbocycles. The number of nitrogens with zero attached hydrogens (tertiary/aromatic N) is 5. The Balaban J connectivity index is 1.56. The zero-order valence-electron chi connectivity index (χ0n) is 14.2. The van der Waals surface area contributed by atoms with Crippen molar-refractivity contribution >= 4 is 11.6 Å². The highest BCUT2D eigenvalue weighted by Gasteiger charge is 2.34. The predicted octanol–water partition coefficient (Wildman–Crippen LogP) is 2.78. The van der Waals surface area contributed by atoms with Crippen molar-refractivity contribution < 1.29 is 9.32 Å². The summed E-state index contributed by atoms with van der Waals surface area (Å²) < 4.78 is 7.21. The van der Waals surface area contributed by atoms with Gasteiger partial charge < -0.3 is 9.42 Å². The van der Waals surface area contributed by atoms with Gasteiger partial charge in [0, 0.05) is 37.3 Å². The molecule has 128 valence electrons. The van der Waals surface area contributed by atoms with E-state index in [4.69, 9.17) is 4.52 Å². The van der Waals surface area contributed by atoms with Gasteiger partial charge in [0.15, 0.2) is 5.82 Å². The topological polar surface area (TPSA) is 77.1 Å². The summed E-state index contributed by atoms with van der Waals surface area (Å²) in [5, 5.41) is 8.32. The lowest BCUT2D eigenvalue weighted by Gasteiger charge is -2.16. The third-order valence-corrected chi connectivity index (χ3v) is 4.51. The summed E-state index contributed by atoms with van der Waals surface area (Å²) in [6.45, 7) is 5.32. The normalized spacial score (nSPS) is 17.4. The van der Waals surface area contributed by atoms with Gasteiger partial charge in [-0.25, -0.2) is 0 Å². The Bertz CT molecular complexity index is 896. The van der Waals surface area contributed by atoms with Crippen LogP contribution in [0.4, 0.5) is 5.69 Å². The van der Waals surface area contributed by atoms with Crippen LogP contribution in [0.1, 0.15) is 30.7 Å². The second-order valence-electron chi connectivity index (χ2n) is 6.23. The molecule has 3 heterocycles. The maximum absolute atomic E-state index is 12.4. The fraction of sp³-hybridized carbons (Fsp3) is 0.333. The Morgan fingerprint density at radius 3 is 2.80 bits per heavy atom. The molecule has 1 saturated heterocycles. The fourth-order valence-electron chi connectivity index (χ4n) is 3.13. The highest BCUT2D eigenvalue weighted by atomic mass is 16.5. The van der Waals surface area contributed by atoms with Crippen LogP contribution in [-0.4, -0.2) is 32.4 Å². The minimum absolute atomic E-state index is 0.0655. The van der Waals surface area contributed by atoms with E-state index in [-0.39, 0.29) is 11.8 Å². The Kier molecular flexibility index (Phi) is 3.83. The molecule has 0 aliphatic carbocycles. The molecule has 2 aromatic heterocycles. The van der Waals surface area contributed by atoms with Crippen LogP contribution in [0.2, 0.25) is 0 Å². The van der Waals surface area contributed by atoms with E-state index in [0.29, 0.717) is 24.7 Å². The van der Waals surface area contributed by atoms with Gasteiger partial charge in [0.05, 0.1) is 0 Å². The van der Waals surface area contributed by atoms with E-state index in [0.717, 1.165) is 17.9 Å². The van der Waals surface area contributed by atoms with Gasteiger partial charge in [0.25, 0.3) is 5.89 Å². The molecule has 3 aromatic rings. The maximum atomic E-state index is 12.4. The third-order valence-electron chi connectivity index (χ3n) is 4.51. The molecular weight excluding hydrogens is 318 g/mol. The molecular formula is C18H19N5O2. The Morgan fingerprint density at radius 1 is 1.24 bits per heavy atom. The van der Waals surface area contributed by atoms with Crippen molar-refractivity contribution in [2.75, 3.05) is 11.4 Å². The summed E-state index contributed by atoms with van der Waals surface area (Å²) in [5.41, 5.74) is 2.87. The number of aromatic nitrogens is 4. The number of hydrogen-bond donors (Lipinski definition) is 0. The first-order chi connectivity index (χ1) is 12.2. The number of rotatable bonds is 4. The lowest BCUT2D eigenvalue weighted by atomic mass is 10.1. The lowest BCUT2D eigenvalue weighted by Crippen LogP contribution is -2.24. The van der Waals surface area contributed by atoms with Gasteiger partial charge in [-0.15, -0.1) is 0 Å². The molecule has 0 N–H and O–H groups in total. The van der Waals surface area contributed by atoms with Gasteiger partial charge in [0.2, 0.25) is 5.91 Å². The minimum atomic E-state index is -0.0655. The standard InChI is InChI=1S/C18H19N5O2/c1-3-23-15(8-9-19-23)18-20-17(21-25-18)13-10-16(24)22(11-13)14-6-4-12(2)5-7-14/h4-9,13H,3,10-11H2,1-2H3/t13-/m1/s1. The predicted molar refractivity (Wildman–Crippen MR) is 92.1 cm³/mol. The smallest absolute Gasteiger partial charge is 0.276 e.